The van der Waals surface area contributed by atoms with Crippen LogP contribution in [0.4, 0.5) is 5.13 Å². The van der Waals surface area contributed by atoms with Crippen molar-refractivity contribution in [2.24, 2.45) is 11.1 Å². The Labute approximate surface area is 246 Å². The van der Waals surface area contributed by atoms with E-state index < -0.39 is 5.92 Å². The summed E-state index contributed by atoms with van der Waals surface area (Å²) < 4.78 is 12.0. The molecule has 0 amide bonds. The van der Waals surface area contributed by atoms with Gasteiger partial charge in [0.05, 0.1) is 31.8 Å². The van der Waals surface area contributed by atoms with Crippen LogP contribution in [0, 0.1) is 16.7 Å². The molecule has 206 valence electrons. The largest absolute Gasteiger partial charge is 0.493 e. The number of Topliss-reactive ketones (excluding diaryl/α,β-unsaturated/α-hetero) is 1. The van der Waals surface area contributed by atoms with E-state index in [0.717, 1.165) is 15.6 Å². The fraction of sp³-hybridized carbons (Fsp3) is 0.310. The van der Waals surface area contributed by atoms with Crippen molar-refractivity contribution < 1.29 is 14.3 Å². The highest BCUT2D eigenvalue weighted by molar-refractivity contribution is 8.00. The topological polar surface area (TPSA) is 114 Å². The molecule has 0 saturated heterocycles. The summed E-state index contributed by atoms with van der Waals surface area (Å²) in [4.78, 5) is 15.6. The lowest BCUT2D eigenvalue weighted by Gasteiger charge is -2.42. The van der Waals surface area contributed by atoms with Crippen LogP contribution in [-0.2, 0) is 10.5 Å². The number of nitrogens with two attached hydrogens (primary N) is 1. The molecule has 40 heavy (non-hydrogen) atoms. The lowest BCUT2D eigenvalue weighted by Crippen LogP contribution is -2.42. The number of carbonyl (C=O) groups is 1. The van der Waals surface area contributed by atoms with Gasteiger partial charge in [-0.1, -0.05) is 72.8 Å². The summed E-state index contributed by atoms with van der Waals surface area (Å²) in [5, 5.41) is 20.4. The molecule has 8 nitrogen and oxygen atoms in total. The fourth-order valence-corrected chi connectivity index (χ4v) is 7.22. The number of allylic oxidation sites excluding steroid dienone is 3. The van der Waals surface area contributed by atoms with Crippen LogP contribution < -0.4 is 20.1 Å². The van der Waals surface area contributed by atoms with E-state index in [9.17, 15) is 10.1 Å². The second kappa shape index (κ2) is 11.2. The number of rotatable bonds is 7. The van der Waals surface area contributed by atoms with Crippen LogP contribution in [0.25, 0.3) is 0 Å². The number of nitriles is 1. The van der Waals surface area contributed by atoms with Crippen molar-refractivity contribution >= 4 is 45.6 Å². The van der Waals surface area contributed by atoms with Crippen molar-refractivity contribution in [3.63, 3.8) is 0 Å². The summed E-state index contributed by atoms with van der Waals surface area (Å²) in [6, 6.07) is 15.4. The lowest BCUT2D eigenvalue weighted by atomic mass is 9.68. The zero-order chi connectivity index (χ0) is 28.6. The number of halogens is 1. The van der Waals surface area contributed by atoms with Gasteiger partial charge >= 0.3 is 0 Å². The Morgan fingerprint density at radius 2 is 1.93 bits per heavy atom. The number of hydrogen-bond acceptors (Lipinski definition) is 10. The predicted molar refractivity (Wildman–Crippen MR) is 158 cm³/mol. The van der Waals surface area contributed by atoms with E-state index in [4.69, 9.17) is 26.8 Å². The Morgan fingerprint density at radius 3 is 2.60 bits per heavy atom. The minimum absolute atomic E-state index is 0.0341. The number of benzene rings is 2. The summed E-state index contributed by atoms with van der Waals surface area (Å²) in [5.74, 6) is 1.16. The molecule has 1 aromatic heterocycles. The fourth-order valence-electron chi connectivity index (χ4n) is 5.25. The van der Waals surface area contributed by atoms with Crippen LogP contribution in [0.15, 0.2) is 69.5 Å². The minimum Gasteiger partial charge on any atom is -0.493 e. The Morgan fingerprint density at radius 1 is 1.18 bits per heavy atom. The second-order valence-electron chi connectivity index (χ2n) is 10.3. The molecule has 3 aromatic rings. The third-order valence-corrected chi connectivity index (χ3v) is 9.35. The van der Waals surface area contributed by atoms with Gasteiger partial charge in [-0.05, 0) is 35.6 Å². The van der Waals surface area contributed by atoms with E-state index in [-0.39, 0.29) is 22.6 Å². The van der Waals surface area contributed by atoms with Crippen LogP contribution in [0.5, 0.6) is 11.5 Å². The maximum atomic E-state index is 13.8. The molecule has 2 aliphatic rings. The maximum Gasteiger partial charge on any atom is 0.219 e. The zero-order valence-electron chi connectivity index (χ0n) is 22.5. The molecule has 1 aliphatic carbocycles. The van der Waals surface area contributed by atoms with Gasteiger partial charge < -0.3 is 15.2 Å². The Hall–Kier alpha value is -3.52. The van der Waals surface area contributed by atoms with E-state index in [2.05, 4.69) is 30.1 Å². The first-order valence-corrected chi connectivity index (χ1v) is 14.7. The van der Waals surface area contributed by atoms with Crippen LogP contribution >= 0.6 is 34.7 Å². The molecule has 2 N–H and O–H groups in total. The van der Waals surface area contributed by atoms with E-state index in [0.29, 0.717) is 51.4 Å². The van der Waals surface area contributed by atoms with Gasteiger partial charge in [-0.25, -0.2) is 0 Å². The standard InChI is InChI=1S/C29H28ClN5O3S2/c1-29(2)12-20-24(21(36)13-29)23(18-6-5-7-22(37-3)25(18)38-4)19(14-31)26(32)35(20)27-33-34-28(40-27)39-15-16-8-10-17(30)11-9-16/h5-11,23H,12-13,15,32H2,1-4H3/t23-/m0/s1. The second-order valence-corrected chi connectivity index (χ2v) is 12.9. The number of hydrogen-bond donors (Lipinski definition) is 1. The Balaban J connectivity index is 1.60. The summed E-state index contributed by atoms with van der Waals surface area (Å²) >= 11 is 8.93. The number of ether oxygens (including phenoxy) is 2. The number of ketones is 1. The number of nitrogens with zero attached hydrogens (tertiary/aromatic N) is 4. The van der Waals surface area contributed by atoms with Crippen molar-refractivity contribution in [3.8, 4) is 17.6 Å². The lowest BCUT2D eigenvalue weighted by molar-refractivity contribution is -0.118. The van der Waals surface area contributed by atoms with Crippen LogP contribution in [0.3, 0.4) is 0 Å². The average molecular weight is 594 g/mol. The van der Waals surface area contributed by atoms with Crippen LogP contribution in [-0.4, -0.2) is 30.2 Å². The molecule has 0 radical (unpaired) electrons. The van der Waals surface area contributed by atoms with Crippen molar-refractivity contribution in [1.82, 2.24) is 10.2 Å². The van der Waals surface area contributed by atoms with Gasteiger partial charge in [-0.15, -0.1) is 10.2 Å². The quantitative estimate of drug-likeness (QED) is 0.309. The molecule has 1 atom stereocenters. The summed E-state index contributed by atoms with van der Waals surface area (Å²) in [5.41, 5.74) is 9.74. The zero-order valence-corrected chi connectivity index (χ0v) is 24.9. The summed E-state index contributed by atoms with van der Waals surface area (Å²) in [7, 11) is 3.10. The van der Waals surface area contributed by atoms with E-state index >= 15 is 0 Å². The number of para-hydroxylation sites is 1. The normalized spacial score (nSPS) is 18.4. The van der Waals surface area contributed by atoms with Crippen molar-refractivity contribution in [2.45, 2.75) is 42.7 Å². The van der Waals surface area contributed by atoms with Crippen molar-refractivity contribution in [1.29, 1.82) is 5.26 Å². The Kier molecular flexibility index (Phi) is 7.82. The number of methoxy groups -OCH3 is 2. The molecular weight excluding hydrogens is 566 g/mol. The van der Waals surface area contributed by atoms with Gasteiger partial charge in [0, 0.05) is 34.0 Å². The van der Waals surface area contributed by atoms with Crippen molar-refractivity contribution in [2.75, 3.05) is 19.1 Å². The average Bonchev–Trinajstić information content (AvgIpc) is 3.39. The smallest absolute Gasteiger partial charge is 0.219 e. The van der Waals surface area contributed by atoms with Gasteiger partial charge in [-0.3, -0.25) is 9.69 Å². The van der Waals surface area contributed by atoms with Gasteiger partial charge in [0.15, 0.2) is 21.6 Å². The Bertz CT molecular complexity index is 1570. The molecule has 0 bridgehead atoms. The molecule has 5 rings (SSSR count). The predicted octanol–water partition coefficient (Wildman–Crippen LogP) is 6.44. The first-order valence-electron chi connectivity index (χ1n) is 12.5. The third kappa shape index (κ3) is 5.17. The molecule has 0 fully saturated rings. The van der Waals surface area contributed by atoms with E-state index in [1.165, 1.54) is 11.3 Å². The summed E-state index contributed by atoms with van der Waals surface area (Å²) in [6.45, 7) is 4.11. The first-order chi connectivity index (χ1) is 19.2. The summed E-state index contributed by atoms with van der Waals surface area (Å²) in [6.07, 6.45) is 0.919. The van der Waals surface area contributed by atoms with Crippen molar-refractivity contribution in [3.05, 3.63) is 81.3 Å². The molecule has 0 saturated carbocycles. The highest BCUT2D eigenvalue weighted by Crippen LogP contribution is 2.53. The molecular formula is C29H28ClN5O3S2. The first kappa shape index (κ1) is 28.0. The number of thioether (sulfide) groups is 1. The monoisotopic (exact) mass is 593 g/mol. The van der Waals surface area contributed by atoms with E-state index in [1.807, 2.05) is 36.4 Å². The highest BCUT2D eigenvalue weighted by atomic mass is 35.5. The molecule has 0 spiro atoms. The minimum atomic E-state index is -0.698. The molecule has 0 unspecified atom stereocenters. The molecule has 11 heteroatoms. The van der Waals surface area contributed by atoms with Gasteiger partial charge in [0.25, 0.3) is 0 Å². The van der Waals surface area contributed by atoms with Crippen LogP contribution in [0.1, 0.15) is 43.7 Å². The van der Waals surface area contributed by atoms with Gasteiger partial charge in [0.1, 0.15) is 5.82 Å². The van der Waals surface area contributed by atoms with E-state index in [1.54, 1.807) is 36.9 Å². The number of anilines is 1. The molecule has 2 aromatic carbocycles. The van der Waals surface area contributed by atoms with Gasteiger partial charge in [0.2, 0.25) is 5.13 Å². The van der Waals surface area contributed by atoms with Gasteiger partial charge in [-0.2, -0.15) is 5.26 Å². The third-order valence-electron chi connectivity index (χ3n) is 6.99. The highest BCUT2D eigenvalue weighted by Gasteiger charge is 2.46. The number of carbonyl (C=O) groups excluding carboxylic acids is 1. The van der Waals surface area contributed by atoms with Crippen LogP contribution in [0.2, 0.25) is 5.02 Å². The maximum absolute atomic E-state index is 13.8. The SMILES string of the molecule is COc1cccc([C@H]2C(C#N)=C(N)N(c3nnc(SCc4ccc(Cl)cc4)s3)C3=C2C(=O)CC(C)(C)C3)c1OC. The molecule has 1 aliphatic heterocycles. The molecule has 2 heterocycles. The number of aromatic nitrogens is 2.